The molecule has 1 aromatic heterocycles. The first-order valence-corrected chi connectivity index (χ1v) is 7.26. The third kappa shape index (κ3) is 4.06. The van der Waals surface area contributed by atoms with Gasteiger partial charge in [0, 0.05) is 26.2 Å². The third-order valence-electron chi connectivity index (χ3n) is 3.28. The van der Waals surface area contributed by atoms with Crippen molar-refractivity contribution in [3.05, 3.63) is 12.4 Å². The van der Waals surface area contributed by atoms with Gasteiger partial charge in [-0.05, 0) is 26.2 Å². The van der Waals surface area contributed by atoms with E-state index in [0.717, 1.165) is 57.1 Å². The minimum Gasteiger partial charge on any atom is -0.377 e. The number of ether oxygens (including phenoxy) is 1. The molecule has 19 heavy (non-hydrogen) atoms. The first-order valence-electron chi connectivity index (χ1n) is 7.26. The summed E-state index contributed by atoms with van der Waals surface area (Å²) in [6, 6.07) is 0. The van der Waals surface area contributed by atoms with Crippen LogP contribution in [-0.2, 0) is 4.74 Å². The molecule has 0 saturated carbocycles. The summed E-state index contributed by atoms with van der Waals surface area (Å²) in [4.78, 5) is 11.2. The van der Waals surface area contributed by atoms with Crippen molar-refractivity contribution in [3.8, 4) is 0 Å². The monoisotopic (exact) mass is 264 g/mol. The van der Waals surface area contributed by atoms with Crippen LogP contribution in [0.4, 0.5) is 11.6 Å². The molecule has 1 aliphatic rings. The molecule has 2 rings (SSSR count). The van der Waals surface area contributed by atoms with Gasteiger partial charge in [0.25, 0.3) is 0 Å². The van der Waals surface area contributed by atoms with Crippen LogP contribution in [-0.4, -0.2) is 42.3 Å². The van der Waals surface area contributed by atoms with Crippen molar-refractivity contribution < 1.29 is 4.74 Å². The van der Waals surface area contributed by atoms with Crippen molar-refractivity contribution in [2.24, 2.45) is 0 Å². The smallest absolute Gasteiger partial charge is 0.149 e. The van der Waals surface area contributed by atoms with E-state index in [2.05, 4.69) is 27.1 Å². The van der Waals surface area contributed by atoms with Gasteiger partial charge in [-0.2, -0.15) is 0 Å². The summed E-state index contributed by atoms with van der Waals surface area (Å²) in [6.45, 7) is 7.85. The fourth-order valence-electron chi connectivity index (χ4n) is 2.36. The van der Waals surface area contributed by atoms with Gasteiger partial charge in [0.2, 0.25) is 0 Å². The van der Waals surface area contributed by atoms with E-state index in [-0.39, 0.29) is 0 Å². The average molecular weight is 264 g/mol. The van der Waals surface area contributed by atoms with Gasteiger partial charge in [-0.25, -0.2) is 4.98 Å². The first-order chi connectivity index (χ1) is 9.33. The van der Waals surface area contributed by atoms with E-state index in [0.29, 0.717) is 6.10 Å². The summed E-state index contributed by atoms with van der Waals surface area (Å²) in [6.07, 6.45) is 7.33. The van der Waals surface area contributed by atoms with E-state index < -0.39 is 0 Å². The van der Waals surface area contributed by atoms with Crippen molar-refractivity contribution in [2.75, 3.05) is 36.5 Å². The lowest BCUT2D eigenvalue weighted by atomic mass is 10.1. The summed E-state index contributed by atoms with van der Waals surface area (Å²) in [5.41, 5.74) is 0. The minimum atomic E-state index is 0.327. The van der Waals surface area contributed by atoms with Crippen LogP contribution in [0.2, 0.25) is 0 Å². The van der Waals surface area contributed by atoms with Crippen molar-refractivity contribution in [3.63, 3.8) is 0 Å². The van der Waals surface area contributed by atoms with Gasteiger partial charge in [0.1, 0.15) is 11.6 Å². The van der Waals surface area contributed by atoms with Crippen LogP contribution in [0.15, 0.2) is 12.4 Å². The largest absolute Gasteiger partial charge is 0.377 e. The molecule has 1 aliphatic heterocycles. The van der Waals surface area contributed by atoms with E-state index in [9.17, 15) is 0 Å². The van der Waals surface area contributed by atoms with E-state index in [4.69, 9.17) is 4.74 Å². The molecule has 0 aliphatic carbocycles. The molecule has 5 heteroatoms. The van der Waals surface area contributed by atoms with Crippen LogP contribution < -0.4 is 10.2 Å². The lowest BCUT2D eigenvalue weighted by molar-refractivity contribution is 0.0525. The highest BCUT2D eigenvalue weighted by molar-refractivity contribution is 5.44. The van der Waals surface area contributed by atoms with Gasteiger partial charge in [-0.1, -0.05) is 6.92 Å². The lowest BCUT2D eigenvalue weighted by Crippen LogP contribution is -2.40. The summed E-state index contributed by atoms with van der Waals surface area (Å²) < 4.78 is 5.72. The lowest BCUT2D eigenvalue weighted by Gasteiger charge is -2.33. The molecule has 0 spiro atoms. The van der Waals surface area contributed by atoms with Crippen LogP contribution in [0.1, 0.15) is 33.1 Å². The molecular weight excluding hydrogens is 240 g/mol. The molecule has 0 aromatic carbocycles. The highest BCUT2D eigenvalue weighted by atomic mass is 16.5. The zero-order valence-corrected chi connectivity index (χ0v) is 11.9. The van der Waals surface area contributed by atoms with Crippen LogP contribution >= 0.6 is 0 Å². The third-order valence-corrected chi connectivity index (χ3v) is 3.28. The Morgan fingerprint density at radius 1 is 1.42 bits per heavy atom. The SMILES string of the molecule is CCCNc1cncc(N2CCCC(OCC)C2)n1. The Labute approximate surface area is 115 Å². The average Bonchev–Trinajstić information content (AvgIpc) is 2.46. The van der Waals surface area contributed by atoms with E-state index in [1.165, 1.54) is 0 Å². The maximum atomic E-state index is 5.72. The summed E-state index contributed by atoms with van der Waals surface area (Å²) in [5.74, 6) is 1.81. The van der Waals surface area contributed by atoms with Gasteiger partial charge >= 0.3 is 0 Å². The molecule has 1 aromatic rings. The fourth-order valence-corrected chi connectivity index (χ4v) is 2.36. The first kappa shape index (κ1) is 14.1. The Hall–Kier alpha value is -1.36. The van der Waals surface area contributed by atoms with Crippen molar-refractivity contribution in [2.45, 2.75) is 39.2 Å². The van der Waals surface area contributed by atoms with Crippen LogP contribution in [0, 0.1) is 0 Å². The Kier molecular flexibility index (Phi) is 5.39. The van der Waals surface area contributed by atoms with E-state index in [1.54, 1.807) is 6.20 Å². The van der Waals surface area contributed by atoms with E-state index in [1.807, 2.05) is 13.1 Å². The molecule has 0 radical (unpaired) electrons. The number of hydrogen-bond donors (Lipinski definition) is 1. The molecule has 1 atom stereocenters. The normalized spacial score (nSPS) is 19.5. The predicted molar refractivity (Wildman–Crippen MR) is 77.7 cm³/mol. The number of nitrogens with zero attached hydrogens (tertiary/aromatic N) is 3. The molecule has 1 unspecified atom stereocenters. The van der Waals surface area contributed by atoms with Crippen LogP contribution in [0.25, 0.3) is 0 Å². The molecule has 0 bridgehead atoms. The molecule has 1 fully saturated rings. The van der Waals surface area contributed by atoms with Crippen molar-refractivity contribution >= 4 is 11.6 Å². The number of rotatable bonds is 6. The van der Waals surface area contributed by atoms with Crippen molar-refractivity contribution in [1.82, 2.24) is 9.97 Å². The van der Waals surface area contributed by atoms with Gasteiger partial charge in [0.05, 0.1) is 18.5 Å². The van der Waals surface area contributed by atoms with Crippen molar-refractivity contribution in [1.29, 1.82) is 0 Å². The fraction of sp³-hybridized carbons (Fsp3) is 0.714. The summed E-state index contributed by atoms with van der Waals surface area (Å²) in [5, 5.41) is 3.28. The molecule has 1 N–H and O–H groups in total. The topological polar surface area (TPSA) is 50.3 Å². The Balaban J connectivity index is 1.99. The molecule has 0 amide bonds. The second-order valence-corrected chi connectivity index (χ2v) is 4.85. The number of nitrogens with one attached hydrogen (secondary N) is 1. The molecule has 106 valence electrons. The number of aromatic nitrogens is 2. The van der Waals surface area contributed by atoms with Gasteiger partial charge in [-0.15, -0.1) is 0 Å². The predicted octanol–water partition coefficient (Wildman–Crippen LogP) is 2.30. The van der Waals surface area contributed by atoms with E-state index >= 15 is 0 Å². The zero-order valence-electron chi connectivity index (χ0n) is 11.9. The maximum absolute atomic E-state index is 5.72. The van der Waals surface area contributed by atoms with Gasteiger partial charge < -0.3 is 15.0 Å². The number of anilines is 2. The number of hydrogen-bond acceptors (Lipinski definition) is 5. The Morgan fingerprint density at radius 3 is 3.11 bits per heavy atom. The van der Waals surface area contributed by atoms with Crippen LogP contribution in [0.5, 0.6) is 0 Å². The highest BCUT2D eigenvalue weighted by Gasteiger charge is 2.21. The van der Waals surface area contributed by atoms with Gasteiger partial charge in [0.15, 0.2) is 0 Å². The zero-order chi connectivity index (χ0) is 13.5. The molecule has 1 saturated heterocycles. The Morgan fingerprint density at radius 2 is 2.32 bits per heavy atom. The minimum absolute atomic E-state index is 0.327. The van der Waals surface area contributed by atoms with Gasteiger partial charge in [-0.3, -0.25) is 4.98 Å². The standard InChI is InChI=1S/C14H24N4O/c1-3-7-16-13-9-15-10-14(17-13)18-8-5-6-12(11-18)19-4-2/h9-10,12H,3-8,11H2,1-2H3,(H,16,17). The molecular formula is C14H24N4O. The molecule has 5 nitrogen and oxygen atoms in total. The second kappa shape index (κ2) is 7.28. The van der Waals surface area contributed by atoms with Crippen LogP contribution in [0.3, 0.4) is 0 Å². The number of piperidine rings is 1. The summed E-state index contributed by atoms with van der Waals surface area (Å²) >= 11 is 0. The second-order valence-electron chi connectivity index (χ2n) is 4.85. The Bertz CT molecular complexity index is 383. The summed E-state index contributed by atoms with van der Waals surface area (Å²) in [7, 11) is 0. The maximum Gasteiger partial charge on any atom is 0.149 e. The molecule has 2 heterocycles. The highest BCUT2D eigenvalue weighted by Crippen LogP contribution is 2.20. The quantitative estimate of drug-likeness (QED) is 0.854.